The van der Waals surface area contributed by atoms with Crippen molar-refractivity contribution in [1.82, 2.24) is 15.1 Å². The van der Waals surface area contributed by atoms with E-state index in [9.17, 15) is 9.59 Å². The number of fused-ring (bicyclic) bond motifs is 1. The molecule has 6 N–H and O–H groups in total. The summed E-state index contributed by atoms with van der Waals surface area (Å²) in [5.41, 5.74) is 7.32. The molecule has 2 unspecified atom stereocenters. The van der Waals surface area contributed by atoms with Crippen LogP contribution in [0, 0.1) is 5.92 Å². The van der Waals surface area contributed by atoms with Gasteiger partial charge in [-0.2, -0.15) is 5.10 Å². The molecule has 39 heavy (non-hydrogen) atoms. The molecule has 0 bridgehead atoms. The molecule has 0 saturated heterocycles. The van der Waals surface area contributed by atoms with E-state index in [2.05, 4.69) is 57.9 Å². The van der Waals surface area contributed by atoms with E-state index in [4.69, 9.17) is 37.1 Å². The minimum Gasteiger partial charge on any atom is -0.479 e. The van der Waals surface area contributed by atoms with Gasteiger partial charge in [0.15, 0.2) is 12.2 Å². The molecule has 2 heterocycles. The SMILES string of the molecule is Clc1ccc2c(c1NCc1ccc(-c3ccn(CC4CC4)n3)cc1)CCNCC2.O=C(O)C(O)C(O)C(=O)O. The number of aliphatic hydroxyl groups is 2. The number of aliphatic hydroxyl groups excluding tert-OH is 2. The van der Waals surface area contributed by atoms with Crippen LogP contribution in [0.5, 0.6) is 0 Å². The molecular weight excluding hydrogens is 524 g/mol. The maximum Gasteiger partial charge on any atom is 0.335 e. The third-order valence-corrected chi connectivity index (χ3v) is 7.10. The van der Waals surface area contributed by atoms with Gasteiger partial charge in [0.1, 0.15) is 0 Å². The maximum atomic E-state index is 9.77. The van der Waals surface area contributed by atoms with Gasteiger partial charge in [-0.05, 0) is 73.5 Å². The Morgan fingerprint density at radius 1 is 1.00 bits per heavy atom. The van der Waals surface area contributed by atoms with Crippen LogP contribution in [-0.2, 0) is 35.5 Å². The molecule has 5 rings (SSSR count). The van der Waals surface area contributed by atoms with Crippen molar-refractivity contribution >= 4 is 29.2 Å². The van der Waals surface area contributed by atoms with E-state index < -0.39 is 24.1 Å². The lowest BCUT2D eigenvalue weighted by molar-refractivity contribution is -0.165. The van der Waals surface area contributed by atoms with Gasteiger partial charge in [0, 0.05) is 24.8 Å². The Labute approximate surface area is 231 Å². The van der Waals surface area contributed by atoms with Crippen LogP contribution in [0.15, 0.2) is 48.7 Å². The molecule has 11 heteroatoms. The van der Waals surface area contributed by atoms with Crippen LogP contribution in [0.25, 0.3) is 11.3 Å². The second-order valence-electron chi connectivity index (χ2n) is 9.79. The Hall–Kier alpha value is -3.44. The smallest absolute Gasteiger partial charge is 0.335 e. The summed E-state index contributed by atoms with van der Waals surface area (Å²) in [5.74, 6) is -2.70. The van der Waals surface area contributed by atoms with Crippen LogP contribution in [0.1, 0.15) is 29.5 Å². The summed E-state index contributed by atoms with van der Waals surface area (Å²) < 4.78 is 2.08. The highest BCUT2D eigenvalue weighted by Gasteiger charge is 2.29. The largest absolute Gasteiger partial charge is 0.479 e. The fourth-order valence-electron chi connectivity index (χ4n) is 4.37. The Kier molecular flexibility index (Phi) is 9.58. The van der Waals surface area contributed by atoms with Crippen LogP contribution in [0.2, 0.25) is 5.02 Å². The van der Waals surface area contributed by atoms with Gasteiger partial charge in [-0.15, -0.1) is 0 Å². The third-order valence-electron chi connectivity index (χ3n) is 6.79. The molecule has 2 atom stereocenters. The first-order valence-electron chi connectivity index (χ1n) is 12.9. The van der Waals surface area contributed by atoms with E-state index in [1.165, 1.54) is 35.1 Å². The lowest BCUT2D eigenvalue weighted by Gasteiger charge is -2.16. The Balaban J connectivity index is 0.000000303. The van der Waals surface area contributed by atoms with Crippen LogP contribution in [0.3, 0.4) is 0 Å². The second-order valence-corrected chi connectivity index (χ2v) is 10.2. The van der Waals surface area contributed by atoms with Crippen LogP contribution < -0.4 is 10.6 Å². The number of carboxylic acids is 2. The number of nitrogens with one attached hydrogen (secondary N) is 2. The van der Waals surface area contributed by atoms with E-state index in [1.807, 2.05) is 6.07 Å². The summed E-state index contributed by atoms with van der Waals surface area (Å²) in [4.78, 5) is 19.5. The number of anilines is 1. The number of benzene rings is 2. The lowest BCUT2D eigenvalue weighted by atomic mass is 10.0. The molecular formula is C28H33ClN4O6. The molecule has 3 aromatic rings. The minimum absolute atomic E-state index is 0.764. The maximum absolute atomic E-state index is 9.77. The van der Waals surface area contributed by atoms with Gasteiger partial charge in [0.2, 0.25) is 0 Å². The first kappa shape index (κ1) is 28.6. The highest BCUT2D eigenvalue weighted by Crippen LogP contribution is 2.32. The molecule has 1 aliphatic heterocycles. The molecule has 2 aliphatic rings. The zero-order valence-corrected chi connectivity index (χ0v) is 22.1. The predicted octanol–water partition coefficient (Wildman–Crippen LogP) is 2.79. The quantitative estimate of drug-likeness (QED) is 0.233. The number of carboxylic acid groups (broad SMARTS) is 2. The van der Waals surface area contributed by atoms with E-state index in [0.717, 1.165) is 61.3 Å². The number of aliphatic carboxylic acids is 2. The van der Waals surface area contributed by atoms with E-state index in [0.29, 0.717) is 0 Å². The summed E-state index contributed by atoms with van der Waals surface area (Å²) in [6.07, 6.45) is 2.34. The Morgan fingerprint density at radius 2 is 1.67 bits per heavy atom. The number of nitrogens with zero attached hydrogens (tertiary/aromatic N) is 2. The third kappa shape index (κ3) is 7.79. The average molecular weight is 557 g/mol. The van der Waals surface area contributed by atoms with Gasteiger partial charge in [-0.3, -0.25) is 4.68 Å². The summed E-state index contributed by atoms with van der Waals surface area (Å²) in [5, 5.41) is 45.1. The summed E-state index contributed by atoms with van der Waals surface area (Å²) >= 11 is 6.54. The van der Waals surface area contributed by atoms with Crippen LogP contribution in [-0.4, -0.2) is 67.4 Å². The number of halogens is 1. The molecule has 1 fully saturated rings. The summed E-state index contributed by atoms with van der Waals surface area (Å²) in [6.45, 7) is 3.86. The van der Waals surface area contributed by atoms with Crippen molar-refractivity contribution in [1.29, 1.82) is 0 Å². The molecule has 208 valence electrons. The zero-order chi connectivity index (χ0) is 27.9. The van der Waals surface area contributed by atoms with E-state index in [1.54, 1.807) is 0 Å². The highest BCUT2D eigenvalue weighted by molar-refractivity contribution is 6.33. The fraction of sp³-hybridized carbons (Fsp3) is 0.393. The molecule has 0 amide bonds. The molecule has 1 aromatic heterocycles. The van der Waals surface area contributed by atoms with Gasteiger partial charge in [0.05, 0.1) is 16.4 Å². The number of hydrogen-bond donors (Lipinski definition) is 6. The number of rotatable bonds is 9. The highest BCUT2D eigenvalue weighted by atomic mass is 35.5. The van der Waals surface area contributed by atoms with Gasteiger partial charge >= 0.3 is 11.9 Å². The van der Waals surface area contributed by atoms with E-state index in [-0.39, 0.29) is 0 Å². The molecule has 1 saturated carbocycles. The van der Waals surface area contributed by atoms with Crippen molar-refractivity contribution in [2.24, 2.45) is 5.92 Å². The van der Waals surface area contributed by atoms with E-state index >= 15 is 0 Å². The van der Waals surface area contributed by atoms with Gasteiger partial charge < -0.3 is 31.1 Å². The first-order chi connectivity index (χ1) is 18.7. The Morgan fingerprint density at radius 3 is 2.31 bits per heavy atom. The number of hydrogen-bond acceptors (Lipinski definition) is 7. The first-order valence-corrected chi connectivity index (χ1v) is 13.3. The lowest BCUT2D eigenvalue weighted by Crippen LogP contribution is -2.39. The van der Waals surface area contributed by atoms with Gasteiger partial charge in [-0.25, -0.2) is 9.59 Å². The minimum atomic E-state index is -2.27. The average Bonchev–Trinajstić information content (AvgIpc) is 3.67. The zero-order valence-electron chi connectivity index (χ0n) is 21.4. The van der Waals surface area contributed by atoms with Crippen molar-refractivity contribution in [2.45, 2.75) is 51.0 Å². The standard InChI is InChI=1S/C24H27ClN4.C4H6O6/c25-22-8-7-19-9-12-26-13-10-21(19)24(22)27-15-17-3-5-20(6-4-17)23-11-14-29(28-23)16-18-1-2-18;5-1(3(7)8)2(6)4(9)10/h3-8,11,14,18,26-27H,1-2,9-10,12-13,15-16H2;1-2,5-6H,(H,7,8)(H,9,10). The molecule has 0 spiro atoms. The van der Waals surface area contributed by atoms with Gasteiger partial charge in [0.25, 0.3) is 0 Å². The Bertz CT molecular complexity index is 1270. The number of aromatic nitrogens is 2. The van der Waals surface area contributed by atoms with Gasteiger partial charge in [-0.1, -0.05) is 41.9 Å². The fourth-order valence-corrected chi connectivity index (χ4v) is 4.61. The van der Waals surface area contributed by atoms with Crippen LogP contribution >= 0.6 is 11.6 Å². The topological polar surface area (TPSA) is 157 Å². The second kappa shape index (κ2) is 13.1. The van der Waals surface area contributed by atoms with Crippen molar-refractivity contribution < 1.29 is 30.0 Å². The predicted molar refractivity (Wildman–Crippen MR) is 147 cm³/mol. The van der Waals surface area contributed by atoms with Crippen molar-refractivity contribution in [3.05, 3.63) is 70.4 Å². The molecule has 2 aromatic carbocycles. The normalized spacial score (nSPS) is 16.2. The van der Waals surface area contributed by atoms with Crippen molar-refractivity contribution in [3.8, 4) is 11.3 Å². The molecule has 10 nitrogen and oxygen atoms in total. The summed E-state index contributed by atoms with van der Waals surface area (Å²) in [6, 6.07) is 15.0. The monoisotopic (exact) mass is 556 g/mol. The molecule has 1 aliphatic carbocycles. The molecule has 0 radical (unpaired) electrons. The van der Waals surface area contributed by atoms with Crippen LogP contribution in [0.4, 0.5) is 5.69 Å². The van der Waals surface area contributed by atoms with Crippen molar-refractivity contribution in [3.63, 3.8) is 0 Å². The van der Waals surface area contributed by atoms with Crippen molar-refractivity contribution in [2.75, 3.05) is 18.4 Å². The number of carbonyl (C=O) groups is 2. The summed E-state index contributed by atoms with van der Waals surface area (Å²) in [7, 11) is 0.